The first-order valence-corrected chi connectivity index (χ1v) is 8.34. The van der Waals surface area contributed by atoms with Crippen LogP contribution in [0.5, 0.6) is 0 Å². The molecule has 0 amide bonds. The summed E-state index contributed by atoms with van der Waals surface area (Å²) in [7, 11) is -3.68. The van der Waals surface area contributed by atoms with Gasteiger partial charge in [0.25, 0.3) is 0 Å². The van der Waals surface area contributed by atoms with Gasteiger partial charge in [-0.25, -0.2) is 22.9 Å². The number of sulfonamides is 1. The molecular formula is C13H14N2O4S2. The number of carboxylic acid groups (broad SMARTS) is 1. The first-order chi connectivity index (χ1) is 9.79. The molecule has 0 unspecified atom stereocenters. The van der Waals surface area contributed by atoms with Crippen molar-refractivity contribution in [3.63, 3.8) is 0 Å². The summed E-state index contributed by atoms with van der Waals surface area (Å²) in [5.74, 6) is -1.08. The van der Waals surface area contributed by atoms with E-state index in [1.165, 1.54) is 29.5 Å². The number of hydrogen-bond acceptors (Lipinski definition) is 5. The molecule has 2 rings (SSSR count). The fraction of sp³-hybridized carbons (Fsp3) is 0.231. The van der Waals surface area contributed by atoms with E-state index in [0.29, 0.717) is 5.56 Å². The highest BCUT2D eigenvalue weighted by Gasteiger charge is 2.17. The van der Waals surface area contributed by atoms with Crippen molar-refractivity contribution < 1.29 is 18.3 Å². The number of hydrogen-bond donors (Lipinski definition) is 2. The van der Waals surface area contributed by atoms with Crippen molar-refractivity contribution >= 4 is 27.3 Å². The molecule has 8 heteroatoms. The Bertz CT molecular complexity index is 781. The average molecular weight is 326 g/mol. The largest absolute Gasteiger partial charge is 0.478 e. The number of nitrogens with one attached hydrogen (secondary N) is 1. The van der Waals surface area contributed by atoms with Crippen LogP contribution in [0.3, 0.4) is 0 Å². The van der Waals surface area contributed by atoms with Crippen LogP contribution in [0.2, 0.25) is 0 Å². The third kappa shape index (κ3) is 3.66. The van der Waals surface area contributed by atoms with Crippen molar-refractivity contribution in [3.05, 3.63) is 45.4 Å². The molecule has 1 heterocycles. The molecule has 21 heavy (non-hydrogen) atoms. The first-order valence-electron chi connectivity index (χ1n) is 6.04. The number of thiazole rings is 1. The van der Waals surface area contributed by atoms with E-state index in [9.17, 15) is 13.2 Å². The fourth-order valence-electron chi connectivity index (χ4n) is 1.78. The topological polar surface area (TPSA) is 96.4 Å². The number of carboxylic acids is 1. The van der Waals surface area contributed by atoms with E-state index in [2.05, 4.69) is 9.71 Å². The maximum absolute atomic E-state index is 12.2. The molecule has 0 saturated carbocycles. The minimum absolute atomic E-state index is 0.0474. The van der Waals surface area contributed by atoms with E-state index in [1.807, 2.05) is 6.92 Å². The molecule has 0 atom stereocenters. The van der Waals surface area contributed by atoms with Gasteiger partial charge in [-0.15, -0.1) is 11.3 Å². The molecule has 1 aromatic carbocycles. The summed E-state index contributed by atoms with van der Waals surface area (Å²) >= 11 is 1.42. The SMILES string of the molecule is Cc1ncc(CNS(=O)(=O)c2ccc(C(=O)O)c(C)c2)s1. The van der Waals surface area contributed by atoms with Gasteiger partial charge in [-0.05, 0) is 37.6 Å². The Morgan fingerprint density at radius 2 is 2.10 bits per heavy atom. The summed E-state index contributed by atoms with van der Waals surface area (Å²) < 4.78 is 26.8. The lowest BCUT2D eigenvalue weighted by atomic mass is 10.1. The lowest BCUT2D eigenvalue weighted by Crippen LogP contribution is -2.23. The highest BCUT2D eigenvalue weighted by molar-refractivity contribution is 7.89. The second kappa shape index (κ2) is 5.92. The zero-order valence-corrected chi connectivity index (χ0v) is 13.1. The van der Waals surface area contributed by atoms with E-state index in [1.54, 1.807) is 13.1 Å². The second-order valence-corrected chi connectivity index (χ2v) is 7.54. The highest BCUT2D eigenvalue weighted by Crippen LogP contribution is 2.17. The zero-order valence-electron chi connectivity index (χ0n) is 11.5. The Kier molecular flexibility index (Phi) is 4.40. The number of carbonyl (C=O) groups is 1. The predicted molar refractivity (Wildman–Crippen MR) is 79.0 cm³/mol. The molecule has 0 aliphatic rings. The van der Waals surface area contributed by atoms with Gasteiger partial charge in [0.2, 0.25) is 10.0 Å². The number of rotatable bonds is 5. The Hall–Kier alpha value is -1.77. The molecular weight excluding hydrogens is 312 g/mol. The monoisotopic (exact) mass is 326 g/mol. The molecule has 2 aromatic rings. The second-order valence-electron chi connectivity index (χ2n) is 4.45. The van der Waals surface area contributed by atoms with Crippen LogP contribution < -0.4 is 4.72 Å². The molecule has 1 aromatic heterocycles. The van der Waals surface area contributed by atoms with E-state index in [-0.39, 0.29) is 17.0 Å². The number of aryl methyl sites for hydroxylation is 2. The standard InChI is InChI=1S/C13H14N2O4S2/c1-8-5-11(3-4-12(8)13(16)17)21(18,19)15-7-10-6-14-9(2)20-10/h3-6,15H,7H2,1-2H3,(H,16,17). The summed E-state index contributed by atoms with van der Waals surface area (Å²) in [6.07, 6.45) is 1.63. The molecule has 2 N–H and O–H groups in total. The summed E-state index contributed by atoms with van der Waals surface area (Å²) in [5.41, 5.74) is 0.492. The molecule has 0 spiro atoms. The van der Waals surface area contributed by atoms with Gasteiger partial charge in [0.15, 0.2) is 0 Å². The van der Waals surface area contributed by atoms with Crippen LogP contribution in [0.4, 0.5) is 0 Å². The van der Waals surface area contributed by atoms with Crippen LogP contribution in [0.25, 0.3) is 0 Å². The third-order valence-corrected chi connectivity index (χ3v) is 5.16. The molecule has 6 nitrogen and oxygen atoms in total. The Labute approximate surface area is 126 Å². The minimum atomic E-state index is -3.68. The Balaban J connectivity index is 2.19. The Morgan fingerprint density at radius 3 is 2.62 bits per heavy atom. The van der Waals surface area contributed by atoms with Crippen LogP contribution >= 0.6 is 11.3 Å². The summed E-state index contributed by atoms with van der Waals surface area (Å²) in [6, 6.07) is 3.93. The van der Waals surface area contributed by atoms with Crippen molar-refractivity contribution in [3.8, 4) is 0 Å². The normalized spacial score (nSPS) is 11.5. The summed E-state index contributed by atoms with van der Waals surface area (Å²) in [6.45, 7) is 3.57. The van der Waals surface area contributed by atoms with Crippen LogP contribution in [0.1, 0.15) is 25.8 Å². The zero-order chi connectivity index (χ0) is 15.6. The van der Waals surface area contributed by atoms with Crippen molar-refractivity contribution in [2.45, 2.75) is 25.3 Å². The number of aromatic carboxylic acids is 1. The molecule has 112 valence electrons. The summed E-state index contributed by atoms with van der Waals surface area (Å²) in [5, 5.41) is 9.81. The quantitative estimate of drug-likeness (QED) is 0.875. The summed E-state index contributed by atoms with van der Waals surface area (Å²) in [4.78, 5) is 15.8. The van der Waals surface area contributed by atoms with Gasteiger partial charge in [0, 0.05) is 17.6 Å². The van der Waals surface area contributed by atoms with Crippen LogP contribution in [-0.4, -0.2) is 24.5 Å². The van der Waals surface area contributed by atoms with Gasteiger partial charge in [-0.3, -0.25) is 0 Å². The van der Waals surface area contributed by atoms with Gasteiger partial charge in [-0.1, -0.05) is 0 Å². The van der Waals surface area contributed by atoms with Crippen LogP contribution in [0.15, 0.2) is 29.3 Å². The van der Waals surface area contributed by atoms with Crippen LogP contribution in [-0.2, 0) is 16.6 Å². The van der Waals surface area contributed by atoms with E-state index >= 15 is 0 Å². The van der Waals surface area contributed by atoms with Crippen molar-refractivity contribution in [1.29, 1.82) is 0 Å². The lowest BCUT2D eigenvalue weighted by molar-refractivity contribution is 0.0696. The third-order valence-electron chi connectivity index (χ3n) is 2.84. The molecule has 0 aliphatic heterocycles. The maximum atomic E-state index is 12.2. The van der Waals surface area contributed by atoms with E-state index in [0.717, 1.165) is 9.88 Å². The van der Waals surface area contributed by atoms with Crippen molar-refractivity contribution in [1.82, 2.24) is 9.71 Å². The van der Waals surface area contributed by atoms with Crippen molar-refractivity contribution in [2.75, 3.05) is 0 Å². The van der Waals surface area contributed by atoms with Gasteiger partial charge < -0.3 is 5.11 Å². The van der Waals surface area contributed by atoms with Gasteiger partial charge in [0.1, 0.15) is 0 Å². The minimum Gasteiger partial charge on any atom is -0.478 e. The fourth-order valence-corrected chi connectivity index (χ4v) is 3.70. The van der Waals surface area contributed by atoms with Crippen LogP contribution in [0, 0.1) is 13.8 Å². The average Bonchev–Trinajstić information content (AvgIpc) is 2.82. The molecule has 0 bridgehead atoms. The number of aromatic nitrogens is 1. The molecule has 0 saturated heterocycles. The number of benzene rings is 1. The first kappa shape index (κ1) is 15.6. The smallest absolute Gasteiger partial charge is 0.335 e. The lowest BCUT2D eigenvalue weighted by Gasteiger charge is -2.08. The van der Waals surface area contributed by atoms with E-state index in [4.69, 9.17) is 5.11 Å². The van der Waals surface area contributed by atoms with Gasteiger partial charge in [0.05, 0.1) is 15.5 Å². The molecule has 0 aliphatic carbocycles. The number of nitrogens with zero attached hydrogens (tertiary/aromatic N) is 1. The Morgan fingerprint density at radius 1 is 1.38 bits per heavy atom. The molecule has 0 radical (unpaired) electrons. The van der Waals surface area contributed by atoms with Gasteiger partial charge >= 0.3 is 5.97 Å². The molecule has 0 fully saturated rings. The van der Waals surface area contributed by atoms with Crippen molar-refractivity contribution in [2.24, 2.45) is 0 Å². The maximum Gasteiger partial charge on any atom is 0.335 e. The predicted octanol–water partition coefficient (Wildman–Crippen LogP) is 1.94. The van der Waals surface area contributed by atoms with E-state index < -0.39 is 16.0 Å². The van der Waals surface area contributed by atoms with Gasteiger partial charge in [-0.2, -0.15) is 0 Å². The highest BCUT2D eigenvalue weighted by atomic mass is 32.2.